The van der Waals surface area contributed by atoms with Crippen LogP contribution in [0.2, 0.25) is 0 Å². The van der Waals surface area contributed by atoms with Crippen LogP contribution in [-0.4, -0.2) is 16.1 Å². The quantitative estimate of drug-likeness (QED) is 0.943. The monoisotopic (exact) mass is 293 g/mol. The lowest BCUT2D eigenvalue weighted by atomic mass is 10.2. The number of halogens is 1. The first-order chi connectivity index (χ1) is 8.18. The van der Waals surface area contributed by atoms with E-state index in [9.17, 15) is 4.79 Å². The van der Waals surface area contributed by atoms with Crippen LogP contribution >= 0.6 is 15.9 Å². The van der Waals surface area contributed by atoms with Crippen LogP contribution in [-0.2, 0) is 0 Å². The van der Waals surface area contributed by atoms with Gasteiger partial charge in [0.15, 0.2) is 0 Å². The number of pyridine rings is 1. The van der Waals surface area contributed by atoms with Crippen LogP contribution in [0.1, 0.15) is 10.4 Å². The third-order valence-corrected chi connectivity index (χ3v) is 2.72. The Morgan fingerprint density at radius 1 is 1.24 bits per heavy atom. The number of para-hydroxylation sites is 1. The summed E-state index contributed by atoms with van der Waals surface area (Å²) < 4.78 is 6.29. The van der Waals surface area contributed by atoms with Crippen LogP contribution in [0.5, 0.6) is 11.5 Å². The minimum Gasteiger partial charge on any atom is -0.477 e. The van der Waals surface area contributed by atoms with E-state index in [0.29, 0.717) is 5.75 Å². The first-order valence-corrected chi connectivity index (χ1v) is 5.57. The van der Waals surface area contributed by atoms with Crippen molar-refractivity contribution in [1.82, 2.24) is 4.98 Å². The molecule has 0 aliphatic rings. The maximum absolute atomic E-state index is 11.0. The van der Waals surface area contributed by atoms with E-state index in [1.807, 2.05) is 18.2 Å². The first-order valence-electron chi connectivity index (χ1n) is 4.78. The van der Waals surface area contributed by atoms with Crippen LogP contribution < -0.4 is 4.74 Å². The fraction of sp³-hybridized carbons (Fsp3) is 0. The number of carbonyl (C=O) groups is 1. The second kappa shape index (κ2) is 4.97. The van der Waals surface area contributed by atoms with Crippen molar-refractivity contribution in [3.05, 3.63) is 52.8 Å². The minimum absolute atomic E-state index is 0.0308. The van der Waals surface area contributed by atoms with Gasteiger partial charge < -0.3 is 9.84 Å². The Balaban J connectivity index is 2.37. The smallest absolute Gasteiger partial charge is 0.341 e. The molecule has 86 valence electrons. The molecule has 1 aromatic carbocycles. The van der Waals surface area contributed by atoms with Gasteiger partial charge in [-0.2, -0.15) is 0 Å². The van der Waals surface area contributed by atoms with Crippen LogP contribution in [0.15, 0.2) is 47.2 Å². The molecule has 0 saturated heterocycles. The Morgan fingerprint density at radius 2 is 2.00 bits per heavy atom. The minimum atomic E-state index is -1.07. The average molecular weight is 294 g/mol. The zero-order valence-corrected chi connectivity index (χ0v) is 10.2. The standard InChI is InChI=1S/C12H8BrNO3/c13-9-3-1-2-4-11(9)17-10-5-6-14-7-8(10)12(15)16/h1-7H,(H,15,16). The largest absolute Gasteiger partial charge is 0.477 e. The summed E-state index contributed by atoms with van der Waals surface area (Å²) in [7, 11) is 0. The fourth-order valence-electron chi connectivity index (χ4n) is 1.28. The Morgan fingerprint density at radius 3 is 2.71 bits per heavy atom. The van der Waals surface area contributed by atoms with Crippen molar-refractivity contribution in [1.29, 1.82) is 0 Å². The molecule has 0 aliphatic carbocycles. The molecule has 0 saturated carbocycles. The summed E-state index contributed by atoms with van der Waals surface area (Å²) in [5, 5.41) is 8.98. The van der Waals surface area contributed by atoms with E-state index in [0.717, 1.165) is 4.47 Å². The number of aromatic nitrogens is 1. The molecule has 2 aromatic rings. The number of hydrogen-bond acceptors (Lipinski definition) is 3. The zero-order valence-electron chi connectivity index (χ0n) is 8.63. The Kier molecular flexibility index (Phi) is 3.39. The Hall–Kier alpha value is -1.88. The molecule has 1 heterocycles. The van der Waals surface area contributed by atoms with E-state index in [4.69, 9.17) is 9.84 Å². The summed E-state index contributed by atoms with van der Waals surface area (Å²) in [6.45, 7) is 0. The van der Waals surface area contributed by atoms with Crippen molar-refractivity contribution in [2.75, 3.05) is 0 Å². The molecular weight excluding hydrogens is 286 g/mol. The molecule has 0 unspecified atom stereocenters. The van der Waals surface area contributed by atoms with Gasteiger partial charge in [0.1, 0.15) is 17.1 Å². The average Bonchev–Trinajstić information content (AvgIpc) is 2.32. The molecule has 5 heteroatoms. The van der Waals surface area contributed by atoms with Gasteiger partial charge in [-0.1, -0.05) is 12.1 Å². The first kappa shape index (κ1) is 11.6. The Bertz CT molecular complexity index is 557. The van der Waals surface area contributed by atoms with E-state index >= 15 is 0 Å². The highest BCUT2D eigenvalue weighted by Gasteiger charge is 2.12. The molecule has 1 aromatic heterocycles. The summed E-state index contributed by atoms with van der Waals surface area (Å²) in [6.07, 6.45) is 2.74. The highest BCUT2D eigenvalue weighted by molar-refractivity contribution is 9.10. The maximum Gasteiger partial charge on any atom is 0.341 e. The summed E-state index contributed by atoms with van der Waals surface area (Å²) in [5.74, 6) is -0.249. The normalized spacial score (nSPS) is 9.94. The van der Waals surface area contributed by atoms with Gasteiger partial charge in [-0.3, -0.25) is 4.98 Å². The summed E-state index contributed by atoms with van der Waals surface area (Å²) in [5.41, 5.74) is 0.0308. The number of ether oxygens (including phenoxy) is 1. The summed E-state index contributed by atoms with van der Waals surface area (Å²) in [4.78, 5) is 14.7. The van der Waals surface area contributed by atoms with Crippen molar-refractivity contribution < 1.29 is 14.6 Å². The maximum atomic E-state index is 11.0. The molecule has 0 amide bonds. The highest BCUT2D eigenvalue weighted by Crippen LogP contribution is 2.30. The second-order valence-electron chi connectivity index (χ2n) is 3.21. The van der Waals surface area contributed by atoms with Crippen molar-refractivity contribution in [3.8, 4) is 11.5 Å². The van der Waals surface area contributed by atoms with Gasteiger partial charge in [0, 0.05) is 18.5 Å². The topological polar surface area (TPSA) is 59.4 Å². The van der Waals surface area contributed by atoms with Crippen LogP contribution in [0.3, 0.4) is 0 Å². The number of hydrogen-bond donors (Lipinski definition) is 1. The molecular formula is C12H8BrNO3. The van der Waals surface area contributed by atoms with Gasteiger partial charge in [0.25, 0.3) is 0 Å². The van der Waals surface area contributed by atoms with Crippen LogP contribution in [0, 0.1) is 0 Å². The highest BCUT2D eigenvalue weighted by atomic mass is 79.9. The number of benzene rings is 1. The lowest BCUT2D eigenvalue weighted by Gasteiger charge is -2.09. The number of carboxylic acid groups (broad SMARTS) is 1. The van der Waals surface area contributed by atoms with Crippen LogP contribution in [0.4, 0.5) is 0 Å². The van der Waals surface area contributed by atoms with E-state index < -0.39 is 5.97 Å². The molecule has 17 heavy (non-hydrogen) atoms. The third-order valence-electron chi connectivity index (χ3n) is 2.07. The molecule has 0 spiro atoms. The third kappa shape index (κ3) is 2.62. The number of nitrogens with zero attached hydrogens (tertiary/aromatic N) is 1. The van der Waals surface area contributed by atoms with Gasteiger partial charge in [0.05, 0.1) is 4.47 Å². The molecule has 0 bridgehead atoms. The zero-order chi connectivity index (χ0) is 12.3. The van der Waals surface area contributed by atoms with Crippen molar-refractivity contribution in [2.45, 2.75) is 0 Å². The second-order valence-corrected chi connectivity index (χ2v) is 4.06. The van der Waals surface area contributed by atoms with Gasteiger partial charge >= 0.3 is 5.97 Å². The lowest BCUT2D eigenvalue weighted by molar-refractivity contribution is 0.0693. The number of carboxylic acids is 1. The van der Waals surface area contributed by atoms with Gasteiger partial charge in [-0.25, -0.2) is 4.79 Å². The molecule has 1 N–H and O–H groups in total. The predicted octanol–water partition coefficient (Wildman–Crippen LogP) is 3.33. The fourth-order valence-corrected chi connectivity index (χ4v) is 1.64. The summed E-state index contributed by atoms with van der Waals surface area (Å²) >= 11 is 3.33. The lowest BCUT2D eigenvalue weighted by Crippen LogP contribution is -2.00. The number of rotatable bonds is 3. The van der Waals surface area contributed by atoms with Gasteiger partial charge in [-0.15, -0.1) is 0 Å². The van der Waals surface area contributed by atoms with Crippen molar-refractivity contribution >= 4 is 21.9 Å². The molecule has 0 radical (unpaired) electrons. The van der Waals surface area contributed by atoms with Crippen molar-refractivity contribution in [2.24, 2.45) is 0 Å². The molecule has 4 nitrogen and oxygen atoms in total. The van der Waals surface area contributed by atoms with E-state index in [1.165, 1.54) is 18.5 Å². The summed E-state index contributed by atoms with van der Waals surface area (Å²) in [6, 6.07) is 8.74. The van der Waals surface area contributed by atoms with Gasteiger partial charge in [0.2, 0.25) is 0 Å². The number of aromatic carboxylic acids is 1. The molecule has 0 fully saturated rings. The predicted molar refractivity (Wildman–Crippen MR) is 65.4 cm³/mol. The molecule has 0 atom stereocenters. The SMILES string of the molecule is O=C(O)c1cnccc1Oc1ccccc1Br. The molecule has 0 aliphatic heterocycles. The van der Waals surface area contributed by atoms with E-state index in [-0.39, 0.29) is 11.3 Å². The van der Waals surface area contributed by atoms with Crippen LogP contribution in [0.25, 0.3) is 0 Å². The van der Waals surface area contributed by atoms with Gasteiger partial charge in [-0.05, 0) is 28.1 Å². The van der Waals surface area contributed by atoms with Crippen molar-refractivity contribution in [3.63, 3.8) is 0 Å². The van der Waals surface area contributed by atoms with E-state index in [2.05, 4.69) is 20.9 Å². The molecule has 2 rings (SSSR count). The van der Waals surface area contributed by atoms with E-state index in [1.54, 1.807) is 6.07 Å². The Labute approximate surface area is 106 Å².